The fourth-order valence-corrected chi connectivity index (χ4v) is 3.88. The van der Waals surface area contributed by atoms with Crippen LogP contribution in [0.25, 0.3) is 5.57 Å². The van der Waals surface area contributed by atoms with Crippen molar-refractivity contribution in [2.24, 2.45) is 4.99 Å². The summed E-state index contributed by atoms with van der Waals surface area (Å²) in [6, 6.07) is 13.3. The van der Waals surface area contributed by atoms with Crippen LogP contribution in [0.3, 0.4) is 0 Å². The van der Waals surface area contributed by atoms with E-state index in [2.05, 4.69) is 0 Å². The van der Waals surface area contributed by atoms with Gasteiger partial charge in [-0.3, -0.25) is 9.79 Å². The molecule has 0 atom stereocenters. The zero-order valence-electron chi connectivity index (χ0n) is 16.8. The number of hydrogen-bond donors (Lipinski definition) is 0. The first-order valence-electron chi connectivity index (χ1n) is 9.62. The maximum Gasteiger partial charge on any atom is 0.252 e. The van der Waals surface area contributed by atoms with Gasteiger partial charge in [0, 0.05) is 53.6 Å². The van der Waals surface area contributed by atoms with E-state index in [-0.39, 0.29) is 5.91 Å². The minimum Gasteiger partial charge on any atom is -0.382 e. The van der Waals surface area contributed by atoms with Gasteiger partial charge in [0.2, 0.25) is 0 Å². The first-order chi connectivity index (χ1) is 14.0. The molecule has 2 aliphatic heterocycles. The molecule has 0 radical (unpaired) electrons. The number of halogens is 2. The minimum absolute atomic E-state index is 0.0371. The van der Waals surface area contributed by atoms with Crippen molar-refractivity contribution in [1.29, 1.82) is 0 Å². The van der Waals surface area contributed by atoms with E-state index in [1.165, 1.54) is 0 Å². The van der Waals surface area contributed by atoms with Gasteiger partial charge in [-0.2, -0.15) is 0 Å². The Morgan fingerprint density at radius 1 is 1.00 bits per heavy atom. The van der Waals surface area contributed by atoms with Gasteiger partial charge in [0.15, 0.2) is 0 Å². The molecule has 4 nitrogen and oxygen atoms in total. The Morgan fingerprint density at radius 2 is 1.72 bits per heavy atom. The van der Waals surface area contributed by atoms with Crippen LogP contribution in [0.15, 0.2) is 53.0 Å². The number of likely N-dealkylation sites (N-methyl/N-ethyl adjacent to an activating group) is 1. The molecule has 1 amide bonds. The summed E-state index contributed by atoms with van der Waals surface area (Å²) in [5.41, 5.74) is 5.34. The molecular formula is C23H24Cl2N2O2. The van der Waals surface area contributed by atoms with E-state index in [4.69, 9.17) is 32.9 Å². The van der Waals surface area contributed by atoms with Gasteiger partial charge in [-0.25, -0.2) is 0 Å². The SMILES string of the molecule is CCOCC.CN1CC2=C(CN=C(c3ccccc3Cl)c3cc(Cl)ccc32)C1=O. The Morgan fingerprint density at radius 3 is 2.38 bits per heavy atom. The Balaban J connectivity index is 0.000000431. The van der Waals surface area contributed by atoms with Gasteiger partial charge in [-0.1, -0.05) is 47.5 Å². The molecule has 6 heteroatoms. The Hall–Kier alpha value is -2.14. The lowest BCUT2D eigenvalue weighted by Crippen LogP contribution is -2.23. The number of amides is 1. The summed E-state index contributed by atoms with van der Waals surface area (Å²) in [6.45, 7) is 6.61. The summed E-state index contributed by atoms with van der Waals surface area (Å²) >= 11 is 12.6. The van der Waals surface area contributed by atoms with Gasteiger partial charge in [0.05, 0.1) is 12.3 Å². The standard InChI is InChI=1S/C19H14Cl2N2O.C4H10O/c1-23-10-16-12-7-6-11(20)8-14(12)18(22-9-15(16)19(23)24)13-4-2-3-5-17(13)21;1-3-5-4-2/h2-8H,9-10H2,1H3;3-4H2,1-2H3. The van der Waals surface area contributed by atoms with Crippen LogP contribution in [0.5, 0.6) is 0 Å². The third-order valence-corrected chi connectivity index (χ3v) is 5.42. The van der Waals surface area contributed by atoms with E-state index in [0.717, 1.165) is 46.8 Å². The molecule has 2 aromatic rings. The highest BCUT2D eigenvalue weighted by Crippen LogP contribution is 2.35. The monoisotopic (exact) mass is 430 g/mol. The molecular weight excluding hydrogens is 407 g/mol. The van der Waals surface area contributed by atoms with Crippen LogP contribution < -0.4 is 0 Å². The molecule has 152 valence electrons. The number of nitrogens with zero attached hydrogens (tertiary/aromatic N) is 2. The summed E-state index contributed by atoms with van der Waals surface area (Å²) in [5.74, 6) is 0.0371. The quantitative estimate of drug-likeness (QED) is 0.678. The fourth-order valence-electron chi connectivity index (χ4n) is 3.48. The molecule has 0 fully saturated rings. The molecule has 0 aliphatic carbocycles. The van der Waals surface area contributed by atoms with Gasteiger partial charge < -0.3 is 9.64 Å². The first kappa shape index (κ1) is 21.6. The summed E-state index contributed by atoms with van der Waals surface area (Å²) in [6.07, 6.45) is 0. The van der Waals surface area contributed by atoms with Crippen molar-refractivity contribution in [3.05, 3.63) is 74.8 Å². The van der Waals surface area contributed by atoms with E-state index in [1.54, 1.807) is 4.90 Å². The Kier molecular flexibility index (Phi) is 7.12. The van der Waals surface area contributed by atoms with E-state index >= 15 is 0 Å². The normalized spacial score (nSPS) is 15.3. The summed E-state index contributed by atoms with van der Waals surface area (Å²) < 4.78 is 4.83. The predicted molar refractivity (Wildman–Crippen MR) is 120 cm³/mol. The van der Waals surface area contributed by atoms with Crippen LogP contribution in [0.4, 0.5) is 0 Å². The molecule has 2 aliphatic rings. The Labute approximate surface area is 181 Å². The largest absolute Gasteiger partial charge is 0.382 e. The van der Waals surface area contributed by atoms with E-state index in [0.29, 0.717) is 23.1 Å². The molecule has 0 bridgehead atoms. The fraction of sp³-hybridized carbons (Fsp3) is 0.304. The average Bonchev–Trinajstić information content (AvgIpc) is 2.89. The van der Waals surface area contributed by atoms with Crippen molar-refractivity contribution in [1.82, 2.24) is 4.90 Å². The number of aliphatic imine (C=N–C) groups is 1. The number of carbonyl (C=O) groups is 1. The summed E-state index contributed by atoms with van der Waals surface area (Å²) in [5, 5.41) is 1.27. The smallest absolute Gasteiger partial charge is 0.252 e. The second-order valence-electron chi connectivity index (χ2n) is 6.73. The molecule has 0 unspecified atom stereocenters. The third-order valence-electron chi connectivity index (χ3n) is 4.86. The lowest BCUT2D eigenvalue weighted by Gasteiger charge is -2.15. The van der Waals surface area contributed by atoms with E-state index in [1.807, 2.05) is 63.4 Å². The molecule has 0 saturated carbocycles. The minimum atomic E-state index is 0.0371. The number of hydrogen-bond acceptors (Lipinski definition) is 3. The predicted octanol–water partition coefficient (Wildman–Crippen LogP) is 5.11. The zero-order chi connectivity index (χ0) is 21.0. The highest BCUT2D eigenvalue weighted by molar-refractivity contribution is 6.36. The van der Waals surface area contributed by atoms with Crippen molar-refractivity contribution in [2.75, 3.05) is 33.4 Å². The van der Waals surface area contributed by atoms with Crippen molar-refractivity contribution < 1.29 is 9.53 Å². The molecule has 0 aromatic heterocycles. The number of benzene rings is 2. The van der Waals surface area contributed by atoms with Crippen molar-refractivity contribution in [3.8, 4) is 0 Å². The summed E-state index contributed by atoms with van der Waals surface area (Å²) in [7, 11) is 1.81. The molecule has 0 N–H and O–H groups in total. The molecule has 2 aromatic carbocycles. The van der Waals surface area contributed by atoms with Crippen molar-refractivity contribution in [3.63, 3.8) is 0 Å². The molecule has 4 rings (SSSR count). The van der Waals surface area contributed by atoms with Gasteiger partial charge in [-0.15, -0.1) is 0 Å². The second-order valence-corrected chi connectivity index (χ2v) is 7.58. The highest BCUT2D eigenvalue weighted by Gasteiger charge is 2.32. The zero-order valence-corrected chi connectivity index (χ0v) is 18.3. The highest BCUT2D eigenvalue weighted by atomic mass is 35.5. The van der Waals surface area contributed by atoms with Crippen molar-refractivity contribution in [2.45, 2.75) is 13.8 Å². The van der Waals surface area contributed by atoms with Gasteiger partial charge in [0.25, 0.3) is 5.91 Å². The van der Waals surface area contributed by atoms with Crippen LogP contribution in [-0.2, 0) is 9.53 Å². The van der Waals surface area contributed by atoms with Crippen molar-refractivity contribution >= 4 is 40.4 Å². The molecule has 0 saturated heterocycles. The van der Waals surface area contributed by atoms with Crippen LogP contribution in [0.2, 0.25) is 10.0 Å². The lowest BCUT2D eigenvalue weighted by atomic mass is 9.93. The van der Waals surface area contributed by atoms with Crippen LogP contribution in [0, 0.1) is 0 Å². The molecule has 2 heterocycles. The van der Waals surface area contributed by atoms with Gasteiger partial charge in [-0.05, 0) is 43.2 Å². The maximum absolute atomic E-state index is 12.4. The Bertz CT molecular complexity index is 981. The second kappa shape index (κ2) is 9.57. The number of ether oxygens (including phenoxy) is 1. The average molecular weight is 431 g/mol. The van der Waals surface area contributed by atoms with Crippen LogP contribution in [0.1, 0.15) is 30.5 Å². The van der Waals surface area contributed by atoms with Gasteiger partial charge >= 0.3 is 0 Å². The van der Waals surface area contributed by atoms with E-state index < -0.39 is 0 Å². The van der Waals surface area contributed by atoms with Crippen LogP contribution in [-0.4, -0.2) is 49.9 Å². The lowest BCUT2D eigenvalue weighted by molar-refractivity contribution is -0.124. The number of carbonyl (C=O) groups excluding carboxylic acids is 1. The molecule has 29 heavy (non-hydrogen) atoms. The number of rotatable bonds is 3. The number of fused-ring (bicyclic) bond motifs is 2. The topological polar surface area (TPSA) is 41.9 Å². The van der Waals surface area contributed by atoms with E-state index in [9.17, 15) is 4.79 Å². The first-order valence-corrected chi connectivity index (χ1v) is 10.4. The molecule has 0 spiro atoms. The maximum atomic E-state index is 12.4. The third kappa shape index (κ3) is 4.55. The van der Waals surface area contributed by atoms with Crippen LogP contribution >= 0.6 is 23.2 Å². The summed E-state index contributed by atoms with van der Waals surface area (Å²) in [4.78, 5) is 18.9. The van der Waals surface area contributed by atoms with Gasteiger partial charge in [0.1, 0.15) is 0 Å².